The lowest BCUT2D eigenvalue weighted by Gasteiger charge is -2.45. The summed E-state index contributed by atoms with van der Waals surface area (Å²) in [6.07, 6.45) is 0. The Hall–Kier alpha value is -4.24. The van der Waals surface area contributed by atoms with Crippen LogP contribution in [0, 0.1) is 6.92 Å². The average Bonchev–Trinajstić information content (AvgIpc) is 3.08. The van der Waals surface area contributed by atoms with E-state index in [4.69, 9.17) is 0 Å². The van der Waals surface area contributed by atoms with Gasteiger partial charge in [0.05, 0.1) is 0 Å². The van der Waals surface area contributed by atoms with E-state index in [-0.39, 0.29) is 28.4 Å². The van der Waals surface area contributed by atoms with Gasteiger partial charge in [-0.3, -0.25) is 0 Å². The second kappa shape index (κ2) is 13.4. The molecular formula is C53H67BN2. The van der Waals surface area contributed by atoms with Crippen molar-refractivity contribution in [2.75, 3.05) is 9.80 Å². The van der Waals surface area contributed by atoms with Crippen LogP contribution in [0.25, 0.3) is 0 Å². The predicted molar refractivity (Wildman–Crippen MR) is 248 cm³/mol. The quantitative estimate of drug-likeness (QED) is 0.166. The first kappa shape index (κ1) is 40.0. The summed E-state index contributed by atoms with van der Waals surface area (Å²) in [5.74, 6) is 0.829. The van der Waals surface area contributed by atoms with Crippen LogP contribution >= 0.6 is 0 Å². The van der Waals surface area contributed by atoms with Crippen LogP contribution < -0.4 is 26.2 Å². The van der Waals surface area contributed by atoms with E-state index >= 15 is 0 Å². The Bertz CT molecular complexity index is 2110. The zero-order valence-electron chi connectivity index (χ0n) is 37.7. The van der Waals surface area contributed by atoms with E-state index < -0.39 is 0 Å². The molecule has 5 aromatic rings. The third kappa shape index (κ3) is 7.03. The summed E-state index contributed by atoms with van der Waals surface area (Å²) in [5, 5.41) is 0. The fourth-order valence-electron chi connectivity index (χ4n) is 8.65. The second-order valence-corrected chi connectivity index (χ2v) is 21.8. The summed E-state index contributed by atoms with van der Waals surface area (Å²) in [6, 6.07) is 34.4. The number of hydrogen-bond acceptors (Lipinski definition) is 2. The molecule has 3 heteroatoms. The number of anilines is 6. The van der Waals surface area contributed by atoms with Gasteiger partial charge in [0.1, 0.15) is 0 Å². The van der Waals surface area contributed by atoms with E-state index in [9.17, 15) is 0 Å². The maximum absolute atomic E-state index is 2.63. The largest absolute Gasteiger partial charge is 0.311 e. The summed E-state index contributed by atoms with van der Waals surface area (Å²) >= 11 is 0. The van der Waals surface area contributed by atoms with E-state index in [0.29, 0.717) is 11.8 Å². The fraction of sp³-hybridized carbons (Fsp3) is 0.434. The average molecular weight is 743 g/mol. The molecule has 0 amide bonds. The molecule has 0 unspecified atom stereocenters. The molecule has 2 nitrogen and oxygen atoms in total. The van der Waals surface area contributed by atoms with Crippen molar-refractivity contribution < 1.29 is 0 Å². The van der Waals surface area contributed by atoms with Crippen molar-refractivity contribution in [3.05, 3.63) is 124 Å². The highest BCUT2D eigenvalue weighted by Gasteiger charge is 2.44. The number of hydrogen-bond donors (Lipinski definition) is 0. The molecule has 0 saturated carbocycles. The molecule has 7 rings (SSSR count). The van der Waals surface area contributed by atoms with Crippen molar-refractivity contribution in [1.29, 1.82) is 0 Å². The van der Waals surface area contributed by atoms with Crippen molar-refractivity contribution >= 4 is 57.2 Å². The van der Waals surface area contributed by atoms with Crippen LogP contribution in [0.5, 0.6) is 0 Å². The maximum atomic E-state index is 2.63. The predicted octanol–water partition coefficient (Wildman–Crippen LogP) is 13.5. The molecular weight excluding hydrogens is 675 g/mol. The van der Waals surface area contributed by atoms with Gasteiger partial charge >= 0.3 is 0 Å². The van der Waals surface area contributed by atoms with Gasteiger partial charge in [-0.05, 0) is 144 Å². The molecule has 0 saturated heterocycles. The molecule has 0 radical (unpaired) electrons. The Morgan fingerprint density at radius 2 is 0.732 bits per heavy atom. The molecule has 2 heterocycles. The van der Waals surface area contributed by atoms with Crippen molar-refractivity contribution in [2.45, 2.75) is 151 Å². The number of fused-ring (bicyclic) bond motifs is 4. The molecule has 5 aromatic carbocycles. The van der Waals surface area contributed by atoms with Gasteiger partial charge < -0.3 is 9.80 Å². The summed E-state index contributed by atoms with van der Waals surface area (Å²) in [6.45, 7) is 39.9. The van der Waals surface area contributed by atoms with Crippen LogP contribution in [-0.4, -0.2) is 6.71 Å². The standard InChI is InChI=1S/C53H67BN2/c1-32(2)35-18-20-43-45(24-35)55(41-28-37(50(6,7)8)26-38(29-41)51(9,10)11)47-22-34(5)23-48-49(47)54(43)44-21-19-36(33(3)4)25-46(44)56(48)42-30-39(52(12,13)14)27-40(31-42)53(15,16)17/h18-33H,1-17H3. The first-order chi connectivity index (χ1) is 25.8. The molecule has 0 aliphatic carbocycles. The van der Waals surface area contributed by atoms with E-state index in [1.54, 1.807) is 0 Å². The molecule has 0 N–H and O–H groups in total. The minimum absolute atomic E-state index is 0.00430. The zero-order chi connectivity index (χ0) is 41.0. The molecule has 0 atom stereocenters. The minimum Gasteiger partial charge on any atom is -0.311 e. The molecule has 2 aliphatic rings. The highest BCUT2D eigenvalue weighted by Crippen LogP contribution is 2.48. The van der Waals surface area contributed by atoms with Crippen molar-refractivity contribution in [3.8, 4) is 0 Å². The van der Waals surface area contributed by atoms with E-state index in [1.165, 1.54) is 89.5 Å². The molecule has 292 valence electrons. The Morgan fingerprint density at radius 3 is 1.02 bits per heavy atom. The van der Waals surface area contributed by atoms with Crippen LogP contribution in [0.15, 0.2) is 84.9 Å². The highest BCUT2D eigenvalue weighted by atomic mass is 15.2. The van der Waals surface area contributed by atoms with E-state index in [2.05, 4.69) is 212 Å². The van der Waals surface area contributed by atoms with Crippen molar-refractivity contribution in [3.63, 3.8) is 0 Å². The Morgan fingerprint density at radius 1 is 0.411 bits per heavy atom. The molecule has 0 bridgehead atoms. The van der Waals surface area contributed by atoms with Crippen LogP contribution in [-0.2, 0) is 21.7 Å². The van der Waals surface area contributed by atoms with Crippen LogP contribution in [0.1, 0.15) is 162 Å². The first-order valence-electron chi connectivity index (χ1n) is 21.2. The Labute approximate surface area is 340 Å². The third-order valence-corrected chi connectivity index (χ3v) is 12.4. The van der Waals surface area contributed by atoms with Crippen LogP contribution in [0.2, 0.25) is 0 Å². The third-order valence-electron chi connectivity index (χ3n) is 12.4. The van der Waals surface area contributed by atoms with Gasteiger partial charge in [-0.2, -0.15) is 0 Å². The summed E-state index contributed by atoms with van der Waals surface area (Å²) in [7, 11) is 0. The topological polar surface area (TPSA) is 6.48 Å². The van der Waals surface area contributed by atoms with Gasteiger partial charge in [-0.1, -0.05) is 147 Å². The highest BCUT2D eigenvalue weighted by molar-refractivity contribution is 7.00. The summed E-state index contributed by atoms with van der Waals surface area (Å²) in [4.78, 5) is 5.26. The summed E-state index contributed by atoms with van der Waals surface area (Å²) in [5.41, 5.74) is 21.3. The molecule has 2 aliphatic heterocycles. The van der Waals surface area contributed by atoms with Crippen LogP contribution in [0.4, 0.5) is 34.1 Å². The van der Waals surface area contributed by atoms with Gasteiger partial charge in [-0.25, -0.2) is 0 Å². The number of benzene rings is 5. The minimum atomic E-state index is -0.00430. The van der Waals surface area contributed by atoms with Crippen molar-refractivity contribution in [2.24, 2.45) is 0 Å². The molecule has 0 spiro atoms. The normalized spacial score (nSPS) is 14.4. The Kier molecular flexibility index (Phi) is 9.59. The lowest BCUT2D eigenvalue weighted by Crippen LogP contribution is -2.61. The smallest absolute Gasteiger partial charge is 0.252 e. The maximum Gasteiger partial charge on any atom is 0.252 e. The van der Waals surface area contributed by atoms with Gasteiger partial charge in [-0.15, -0.1) is 0 Å². The first-order valence-corrected chi connectivity index (χ1v) is 21.2. The number of nitrogens with zero attached hydrogens (tertiary/aromatic N) is 2. The lowest BCUT2D eigenvalue weighted by atomic mass is 9.33. The SMILES string of the molecule is Cc1cc2c3c(c1)N(c1cc(C(C)(C)C)cc(C(C)(C)C)c1)c1cc(C(C)C)ccc1B3c1ccc(C(C)C)cc1N2c1cc(C(C)(C)C)cc(C(C)(C)C)c1. The van der Waals surface area contributed by atoms with E-state index in [0.717, 1.165) is 0 Å². The summed E-state index contributed by atoms with van der Waals surface area (Å²) < 4.78 is 0. The number of rotatable bonds is 4. The lowest BCUT2D eigenvalue weighted by molar-refractivity contribution is 0.568. The van der Waals surface area contributed by atoms with Gasteiger partial charge in [0.15, 0.2) is 0 Å². The van der Waals surface area contributed by atoms with Gasteiger partial charge in [0, 0.05) is 34.1 Å². The Balaban J connectivity index is 1.63. The van der Waals surface area contributed by atoms with E-state index in [1.807, 2.05) is 0 Å². The van der Waals surface area contributed by atoms with Gasteiger partial charge in [0.25, 0.3) is 6.71 Å². The second-order valence-electron chi connectivity index (χ2n) is 21.8. The monoisotopic (exact) mass is 743 g/mol. The zero-order valence-corrected chi connectivity index (χ0v) is 37.7. The molecule has 0 aromatic heterocycles. The molecule has 0 fully saturated rings. The van der Waals surface area contributed by atoms with Crippen molar-refractivity contribution in [1.82, 2.24) is 0 Å². The van der Waals surface area contributed by atoms with Gasteiger partial charge in [0.2, 0.25) is 0 Å². The molecule has 56 heavy (non-hydrogen) atoms. The number of aryl methyl sites for hydroxylation is 1. The van der Waals surface area contributed by atoms with Crippen LogP contribution in [0.3, 0.4) is 0 Å². The fourth-order valence-corrected chi connectivity index (χ4v) is 8.65.